The van der Waals surface area contributed by atoms with Gasteiger partial charge in [0, 0.05) is 18.6 Å². The van der Waals surface area contributed by atoms with E-state index in [-0.39, 0.29) is 0 Å². The Morgan fingerprint density at radius 1 is 1.50 bits per heavy atom. The van der Waals surface area contributed by atoms with Gasteiger partial charge in [0.05, 0.1) is 0 Å². The molecule has 0 amide bonds. The van der Waals surface area contributed by atoms with Crippen molar-refractivity contribution in [1.29, 1.82) is 0 Å². The van der Waals surface area contributed by atoms with Crippen LogP contribution in [-0.2, 0) is 0 Å². The Hall–Kier alpha value is -0.0800. The highest BCUT2D eigenvalue weighted by Gasteiger charge is 2.20. The van der Waals surface area contributed by atoms with Crippen LogP contribution in [0.2, 0.25) is 0 Å². The van der Waals surface area contributed by atoms with E-state index in [2.05, 4.69) is 18.7 Å². The summed E-state index contributed by atoms with van der Waals surface area (Å²) < 4.78 is 0. The molecule has 2 nitrogen and oxygen atoms in total. The standard InChI is InChI=1S/C8H18N2/c1-3-10-6-8(9)5-4-7(10)2/h7-8H,3-6,9H2,1-2H3/t7-,8+/m0/s1. The maximum atomic E-state index is 5.82. The van der Waals surface area contributed by atoms with E-state index in [9.17, 15) is 0 Å². The summed E-state index contributed by atoms with van der Waals surface area (Å²) >= 11 is 0. The van der Waals surface area contributed by atoms with Crippen molar-refractivity contribution in [3.8, 4) is 0 Å². The van der Waals surface area contributed by atoms with Crippen molar-refractivity contribution >= 4 is 0 Å². The largest absolute Gasteiger partial charge is 0.327 e. The highest BCUT2D eigenvalue weighted by molar-refractivity contribution is 4.79. The molecule has 2 N–H and O–H groups in total. The second kappa shape index (κ2) is 3.35. The fraction of sp³-hybridized carbons (Fsp3) is 1.00. The molecule has 1 aliphatic heterocycles. The molecule has 1 aliphatic rings. The van der Waals surface area contributed by atoms with E-state index in [1.54, 1.807) is 0 Å². The van der Waals surface area contributed by atoms with Crippen molar-refractivity contribution in [2.24, 2.45) is 5.73 Å². The van der Waals surface area contributed by atoms with Crippen LogP contribution in [0.25, 0.3) is 0 Å². The monoisotopic (exact) mass is 142 g/mol. The third-order valence-corrected chi connectivity index (χ3v) is 2.45. The number of nitrogens with two attached hydrogens (primary N) is 1. The van der Waals surface area contributed by atoms with E-state index in [1.807, 2.05) is 0 Å². The fourth-order valence-corrected chi connectivity index (χ4v) is 1.65. The molecule has 0 aromatic heterocycles. The molecule has 0 bridgehead atoms. The van der Waals surface area contributed by atoms with Crippen LogP contribution in [0.1, 0.15) is 26.7 Å². The lowest BCUT2D eigenvalue weighted by molar-refractivity contribution is 0.153. The fourth-order valence-electron chi connectivity index (χ4n) is 1.65. The molecule has 2 heteroatoms. The van der Waals surface area contributed by atoms with Gasteiger partial charge in [-0.15, -0.1) is 0 Å². The zero-order valence-electron chi connectivity index (χ0n) is 7.01. The number of piperidine rings is 1. The molecule has 1 fully saturated rings. The lowest BCUT2D eigenvalue weighted by Crippen LogP contribution is -2.47. The molecule has 0 aromatic rings. The molecule has 10 heavy (non-hydrogen) atoms. The van der Waals surface area contributed by atoms with E-state index in [0.29, 0.717) is 6.04 Å². The molecule has 0 unspecified atom stereocenters. The molecule has 1 saturated heterocycles. The third-order valence-electron chi connectivity index (χ3n) is 2.45. The predicted octanol–water partition coefficient (Wildman–Crippen LogP) is 0.818. The smallest absolute Gasteiger partial charge is 0.0168 e. The second-order valence-electron chi connectivity index (χ2n) is 3.27. The average molecular weight is 142 g/mol. The summed E-state index contributed by atoms with van der Waals surface area (Å²) in [6.07, 6.45) is 2.48. The van der Waals surface area contributed by atoms with Crippen molar-refractivity contribution in [3.63, 3.8) is 0 Å². The first-order valence-corrected chi connectivity index (χ1v) is 4.23. The quantitative estimate of drug-likeness (QED) is 0.587. The van der Waals surface area contributed by atoms with Crippen LogP contribution in [0.5, 0.6) is 0 Å². The Morgan fingerprint density at radius 2 is 2.20 bits per heavy atom. The normalized spacial score (nSPS) is 36.3. The molecule has 0 aliphatic carbocycles. The van der Waals surface area contributed by atoms with E-state index >= 15 is 0 Å². The maximum Gasteiger partial charge on any atom is 0.0168 e. The Bertz CT molecular complexity index is 103. The Balaban J connectivity index is 2.38. The number of likely N-dealkylation sites (tertiary alicyclic amines) is 1. The summed E-state index contributed by atoms with van der Waals surface area (Å²) in [5.74, 6) is 0. The van der Waals surface area contributed by atoms with Gasteiger partial charge >= 0.3 is 0 Å². The summed E-state index contributed by atoms with van der Waals surface area (Å²) in [6, 6.07) is 1.18. The van der Waals surface area contributed by atoms with Gasteiger partial charge in [-0.1, -0.05) is 6.92 Å². The number of hydrogen-bond acceptors (Lipinski definition) is 2. The molecule has 1 rings (SSSR count). The minimum absolute atomic E-state index is 0.427. The summed E-state index contributed by atoms with van der Waals surface area (Å²) in [4.78, 5) is 2.45. The van der Waals surface area contributed by atoms with Crippen LogP contribution in [0, 0.1) is 0 Å². The van der Waals surface area contributed by atoms with Gasteiger partial charge in [-0.2, -0.15) is 0 Å². The molecular weight excluding hydrogens is 124 g/mol. The van der Waals surface area contributed by atoms with Gasteiger partial charge in [-0.25, -0.2) is 0 Å². The van der Waals surface area contributed by atoms with Gasteiger partial charge in [0.25, 0.3) is 0 Å². The first-order valence-electron chi connectivity index (χ1n) is 4.23. The summed E-state index contributed by atoms with van der Waals surface area (Å²) in [5.41, 5.74) is 5.82. The molecule has 2 atom stereocenters. The van der Waals surface area contributed by atoms with Crippen LogP contribution < -0.4 is 5.73 Å². The van der Waals surface area contributed by atoms with Crippen molar-refractivity contribution in [2.75, 3.05) is 13.1 Å². The van der Waals surface area contributed by atoms with Crippen LogP contribution in [0.4, 0.5) is 0 Å². The van der Waals surface area contributed by atoms with Gasteiger partial charge in [0.2, 0.25) is 0 Å². The number of nitrogens with zero attached hydrogens (tertiary/aromatic N) is 1. The Morgan fingerprint density at radius 3 is 2.70 bits per heavy atom. The molecule has 0 spiro atoms. The SMILES string of the molecule is CCN1C[C@H](N)CC[C@@H]1C. The van der Waals surface area contributed by atoms with Gasteiger partial charge in [0.1, 0.15) is 0 Å². The molecule has 1 heterocycles. The first-order chi connectivity index (χ1) is 4.74. The van der Waals surface area contributed by atoms with Gasteiger partial charge in [-0.3, -0.25) is 4.90 Å². The number of likely N-dealkylation sites (N-methyl/N-ethyl adjacent to an activating group) is 1. The third kappa shape index (κ3) is 1.70. The first kappa shape index (κ1) is 8.02. The summed E-state index contributed by atoms with van der Waals surface area (Å²) in [7, 11) is 0. The topological polar surface area (TPSA) is 29.3 Å². The van der Waals surface area contributed by atoms with Gasteiger partial charge in [-0.05, 0) is 26.3 Å². The van der Waals surface area contributed by atoms with Crippen molar-refractivity contribution in [3.05, 3.63) is 0 Å². The van der Waals surface area contributed by atoms with E-state index in [4.69, 9.17) is 5.73 Å². The van der Waals surface area contributed by atoms with Crippen LogP contribution in [0.3, 0.4) is 0 Å². The van der Waals surface area contributed by atoms with Crippen LogP contribution in [-0.4, -0.2) is 30.1 Å². The molecular formula is C8H18N2. The van der Waals surface area contributed by atoms with Gasteiger partial charge in [0.15, 0.2) is 0 Å². The maximum absolute atomic E-state index is 5.82. The zero-order chi connectivity index (χ0) is 7.56. The molecule has 0 radical (unpaired) electrons. The van der Waals surface area contributed by atoms with Gasteiger partial charge < -0.3 is 5.73 Å². The zero-order valence-corrected chi connectivity index (χ0v) is 7.01. The minimum Gasteiger partial charge on any atom is -0.327 e. The lowest BCUT2D eigenvalue weighted by Gasteiger charge is -2.35. The van der Waals surface area contributed by atoms with Crippen LogP contribution >= 0.6 is 0 Å². The van der Waals surface area contributed by atoms with Crippen molar-refractivity contribution < 1.29 is 0 Å². The predicted molar refractivity (Wildman–Crippen MR) is 43.9 cm³/mol. The lowest BCUT2D eigenvalue weighted by atomic mass is 10.0. The molecule has 0 aromatic carbocycles. The molecule has 0 saturated carbocycles. The Kier molecular flexibility index (Phi) is 2.69. The Labute approximate surface area is 63.4 Å². The molecule has 60 valence electrons. The number of rotatable bonds is 1. The van der Waals surface area contributed by atoms with E-state index in [0.717, 1.165) is 19.1 Å². The average Bonchev–Trinajstić information content (AvgIpc) is 1.94. The second-order valence-corrected chi connectivity index (χ2v) is 3.27. The minimum atomic E-state index is 0.427. The van der Waals surface area contributed by atoms with Crippen molar-refractivity contribution in [2.45, 2.75) is 38.8 Å². The highest BCUT2D eigenvalue weighted by atomic mass is 15.2. The number of hydrogen-bond donors (Lipinski definition) is 1. The summed E-state index contributed by atoms with van der Waals surface area (Å²) in [6.45, 7) is 6.73. The van der Waals surface area contributed by atoms with Crippen molar-refractivity contribution in [1.82, 2.24) is 4.90 Å². The summed E-state index contributed by atoms with van der Waals surface area (Å²) in [5, 5.41) is 0. The van der Waals surface area contributed by atoms with E-state index < -0.39 is 0 Å². The van der Waals surface area contributed by atoms with Crippen LogP contribution in [0.15, 0.2) is 0 Å². The van der Waals surface area contributed by atoms with E-state index in [1.165, 1.54) is 12.8 Å². The highest BCUT2D eigenvalue weighted by Crippen LogP contribution is 2.14.